The molecule has 0 radical (unpaired) electrons. The molecule has 2 aromatic rings. The predicted octanol–water partition coefficient (Wildman–Crippen LogP) is 4.00. The normalized spacial score (nSPS) is 10.7. The van der Waals surface area contributed by atoms with Gasteiger partial charge in [0.25, 0.3) is 0 Å². The highest BCUT2D eigenvalue weighted by Crippen LogP contribution is 2.20. The van der Waals surface area contributed by atoms with Crippen LogP contribution in [0, 0.1) is 5.82 Å². The van der Waals surface area contributed by atoms with Gasteiger partial charge in [0.2, 0.25) is 0 Å². The van der Waals surface area contributed by atoms with E-state index in [0.29, 0.717) is 15.8 Å². The molecule has 1 heterocycles. The number of carbonyl (C=O) groups is 1. The van der Waals surface area contributed by atoms with Crippen LogP contribution in [0.5, 0.6) is 5.75 Å². The molecular formula is C15H13BrFNO2. The average Bonchev–Trinajstić information content (AvgIpc) is 2.40. The number of pyridine rings is 1. The Bertz CT molecular complexity index is 644. The Hall–Kier alpha value is -1.75. The molecule has 0 spiro atoms. The zero-order valence-electron chi connectivity index (χ0n) is 11.1. The molecular weight excluding hydrogens is 325 g/mol. The summed E-state index contributed by atoms with van der Waals surface area (Å²) in [6, 6.07) is 5.87. The molecule has 0 saturated heterocycles. The summed E-state index contributed by atoms with van der Waals surface area (Å²) in [5.74, 6) is -0.250. The second-order valence-corrected chi connectivity index (χ2v) is 5.39. The second kappa shape index (κ2) is 6.13. The number of hydrogen-bond acceptors (Lipinski definition) is 3. The van der Waals surface area contributed by atoms with Crippen LogP contribution in [-0.4, -0.2) is 16.9 Å². The van der Waals surface area contributed by atoms with Crippen LogP contribution in [0.3, 0.4) is 0 Å². The molecule has 0 atom stereocenters. The summed E-state index contributed by atoms with van der Waals surface area (Å²) in [6.45, 7) is 3.77. The van der Waals surface area contributed by atoms with Gasteiger partial charge in [0.05, 0.1) is 16.8 Å². The molecule has 0 unspecified atom stereocenters. The van der Waals surface area contributed by atoms with Crippen molar-refractivity contribution >= 4 is 21.7 Å². The number of halogens is 2. The molecule has 5 heteroatoms. The number of benzene rings is 1. The maximum absolute atomic E-state index is 13.5. The smallest absolute Gasteiger partial charge is 0.194 e. The monoisotopic (exact) mass is 337 g/mol. The first-order chi connectivity index (χ1) is 9.47. The van der Waals surface area contributed by atoms with Crippen molar-refractivity contribution in [1.29, 1.82) is 0 Å². The lowest BCUT2D eigenvalue weighted by Crippen LogP contribution is -2.08. The van der Waals surface area contributed by atoms with Crippen LogP contribution in [0.15, 0.2) is 41.1 Å². The number of hydrogen-bond donors (Lipinski definition) is 0. The molecule has 20 heavy (non-hydrogen) atoms. The van der Waals surface area contributed by atoms with Crippen LogP contribution in [0.25, 0.3) is 0 Å². The van der Waals surface area contributed by atoms with E-state index in [1.54, 1.807) is 18.3 Å². The highest BCUT2D eigenvalue weighted by Gasteiger charge is 2.13. The van der Waals surface area contributed by atoms with Gasteiger partial charge in [-0.25, -0.2) is 4.39 Å². The first-order valence-corrected chi connectivity index (χ1v) is 6.88. The van der Waals surface area contributed by atoms with Crippen molar-refractivity contribution in [3.63, 3.8) is 0 Å². The third-order valence-corrected chi connectivity index (χ3v) is 3.17. The minimum Gasteiger partial charge on any atom is -0.489 e. The number of aromatic nitrogens is 1. The predicted molar refractivity (Wildman–Crippen MR) is 77.5 cm³/mol. The Morgan fingerprint density at radius 2 is 2.00 bits per heavy atom. The van der Waals surface area contributed by atoms with E-state index >= 15 is 0 Å². The van der Waals surface area contributed by atoms with E-state index in [0.717, 1.165) is 0 Å². The van der Waals surface area contributed by atoms with Crippen LogP contribution in [0.1, 0.15) is 29.8 Å². The van der Waals surface area contributed by atoms with E-state index in [9.17, 15) is 9.18 Å². The molecule has 0 aliphatic rings. The average molecular weight is 338 g/mol. The molecule has 1 aromatic carbocycles. The van der Waals surface area contributed by atoms with Gasteiger partial charge in [-0.1, -0.05) is 0 Å². The summed E-state index contributed by atoms with van der Waals surface area (Å²) in [5, 5.41) is 0. The number of rotatable bonds is 4. The van der Waals surface area contributed by atoms with Crippen molar-refractivity contribution in [2.75, 3.05) is 0 Å². The second-order valence-electron chi connectivity index (χ2n) is 4.53. The van der Waals surface area contributed by atoms with Crippen molar-refractivity contribution in [3.05, 3.63) is 58.1 Å². The molecule has 1 aromatic heterocycles. The van der Waals surface area contributed by atoms with Crippen molar-refractivity contribution < 1.29 is 13.9 Å². The quantitative estimate of drug-likeness (QED) is 0.791. The van der Waals surface area contributed by atoms with Gasteiger partial charge in [-0.15, -0.1) is 0 Å². The zero-order chi connectivity index (χ0) is 14.7. The lowest BCUT2D eigenvalue weighted by atomic mass is 10.0. The summed E-state index contributed by atoms with van der Waals surface area (Å²) < 4.78 is 19.3. The maximum Gasteiger partial charge on any atom is 0.194 e. The molecule has 0 amide bonds. The van der Waals surface area contributed by atoms with E-state index in [1.807, 2.05) is 13.8 Å². The van der Waals surface area contributed by atoms with E-state index < -0.39 is 5.82 Å². The highest BCUT2D eigenvalue weighted by molar-refractivity contribution is 9.10. The highest BCUT2D eigenvalue weighted by atomic mass is 79.9. The minimum atomic E-state index is -0.474. The molecule has 0 aliphatic carbocycles. The van der Waals surface area contributed by atoms with Gasteiger partial charge in [-0.2, -0.15) is 0 Å². The van der Waals surface area contributed by atoms with E-state index in [-0.39, 0.29) is 17.5 Å². The fraction of sp³-hybridized carbons (Fsp3) is 0.200. The Morgan fingerprint density at radius 3 is 2.65 bits per heavy atom. The van der Waals surface area contributed by atoms with Gasteiger partial charge in [-0.05, 0) is 54.0 Å². The van der Waals surface area contributed by atoms with Gasteiger partial charge < -0.3 is 4.74 Å². The molecule has 3 nitrogen and oxygen atoms in total. The van der Waals surface area contributed by atoms with Crippen molar-refractivity contribution in [2.24, 2.45) is 0 Å². The van der Waals surface area contributed by atoms with E-state index in [1.165, 1.54) is 18.3 Å². The first kappa shape index (κ1) is 14.7. The SMILES string of the molecule is CC(C)Oc1cncc(C(=O)c2ccc(Br)c(F)c2)c1. The van der Waals surface area contributed by atoms with Crippen molar-refractivity contribution in [3.8, 4) is 5.75 Å². The van der Waals surface area contributed by atoms with Crippen molar-refractivity contribution in [1.82, 2.24) is 4.98 Å². The van der Waals surface area contributed by atoms with E-state index in [4.69, 9.17) is 4.74 Å². The summed E-state index contributed by atoms with van der Waals surface area (Å²) >= 11 is 3.05. The van der Waals surface area contributed by atoms with Crippen molar-refractivity contribution in [2.45, 2.75) is 20.0 Å². The lowest BCUT2D eigenvalue weighted by Gasteiger charge is -2.10. The topological polar surface area (TPSA) is 39.2 Å². The fourth-order valence-electron chi connectivity index (χ4n) is 1.68. The number of ketones is 1. The Morgan fingerprint density at radius 1 is 1.25 bits per heavy atom. The van der Waals surface area contributed by atoms with Crippen LogP contribution >= 0.6 is 15.9 Å². The molecule has 0 fully saturated rings. The minimum absolute atomic E-state index is 0.00715. The molecule has 2 rings (SSSR count). The Kier molecular flexibility index (Phi) is 4.49. The summed E-state index contributed by atoms with van der Waals surface area (Å²) in [4.78, 5) is 16.2. The first-order valence-electron chi connectivity index (χ1n) is 6.09. The third-order valence-electron chi connectivity index (χ3n) is 2.53. The van der Waals surface area contributed by atoms with Crippen LogP contribution in [0.2, 0.25) is 0 Å². The van der Waals surface area contributed by atoms with Crippen LogP contribution in [0.4, 0.5) is 4.39 Å². The Labute approximate surface area is 124 Å². The van der Waals surface area contributed by atoms with Gasteiger partial charge in [-0.3, -0.25) is 9.78 Å². The summed E-state index contributed by atoms with van der Waals surface area (Å²) in [5.41, 5.74) is 0.638. The maximum atomic E-state index is 13.5. The number of carbonyl (C=O) groups excluding carboxylic acids is 1. The fourth-order valence-corrected chi connectivity index (χ4v) is 1.93. The van der Waals surface area contributed by atoms with Crippen LogP contribution in [-0.2, 0) is 0 Å². The summed E-state index contributed by atoms with van der Waals surface area (Å²) in [6.07, 6.45) is 2.97. The van der Waals surface area contributed by atoms with Gasteiger partial charge in [0, 0.05) is 17.3 Å². The van der Waals surface area contributed by atoms with Gasteiger partial charge in [0.1, 0.15) is 11.6 Å². The molecule has 0 aliphatic heterocycles. The Balaban J connectivity index is 2.30. The summed E-state index contributed by atoms with van der Waals surface area (Å²) in [7, 11) is 0. The van der Waals surface area contributed by atoms with E-state index in [2.05, 4.69) is 20.9 Å². The van der Waals surface area contributed by atoms with Gasteiger partial charge in [0.15, 0.2) is 5.78 Å². The molecule has 0 saturated carbocycles. The lowest BCUT2D eigenvalue weighted by molar-refractivity contribution is 0.103. The molecule has 104 valence electrons. The largest absolute Gasteiger partial charge is 0.489 e. The zero-order valence-corrected chi connectivity index (χ0v) is 12.6. The number of nitrogens with zero attached hydrogens (tertiary/aromatic N) is 1. The molecule has 0 bridgehead atoms. The molecule has 0 N–H and O–H groups in total. The van der Waals surface area contributed by atoms with Gasteiger partial charge >= 0.3 is 0 Å². The van der Waals surface area contributed by atoms with Crippen LogP contribution < -0.4 is 4.74 Å². The number of ether oxygens (including phenoxy) is 1. The third kappa shape index (κ3) is 3.42. The standard InChI is InChI=1S/C15H13BrFNO2/c1-9(2)20-12-5-11(7-18-8-12)15(19)10-3-4-13(16)14(17)6-10/h3-9H,1-2H3.